The summed E-state index contributed by atoms with van der Waals surface area (Å²) in [6.45, 7) is 0.508. The number of aromatic nitrogens is 2. The number of likely N-dealkylation sites (N-methyl/N-ethyl adjacent to an activating group) is 1. The summed E-state index contributed by atoms with van der Waals surface area (Å²) in [5.41, 5.74) is 2.94. The number of piperazine rings is 1. The van der Waals surface area contributed by atoms with E-state index in [9.17, 15) is 9.59 Å². The van der Waals surface area contributed by atoms with Gasteiger partial charge >= 0.3 is 0 Å². The Morgan fingerprint density at radius 3 is 2.54 bits per heavy atom. The zero-order valence-corrected chi connectivity index (χ0v) is 15.7. The van der Waals surface area contributed by atoms with E-state index in [1.54, 1.807) is 22.8 Å². The maximum absolute atomic E-state index is 12.8. The highest BCUT2D eigenvalue weighted by molar-refractivity contribution is 5.94. The number of carbonyl (C=O) groups excluding carboxylic acids is 2. The van der Waals surface area contributed by atoms with Crippen LogP contribution in [0.5, 0.6) is 0 Å². The van der Waals surface area contributed by atoms with Gasteiger partial charge in [-0.25, -0.2) is 4.68 Å². The van der Waals surface area contributed by atoms with Crippen LogP contribution in [0.25, 0.3) is 5.69 Å². The Morgan fingerprint density at radius 1 is 1.00 bits per heavy atom. The fraction of sp³-hybridized carbons (Fsp3) is 0.227. The molecule has 28 heavy (non-hydrogen) atoms. The van der Waals surface area contributed by atoms with E-state index in [1.165, 1.54) is 4.90 Å². The first-order valence-electron chi connectivity index (χ1n) is 9.29. The maximum atomic E-state index is 12.8. The van der Waals surface area contributed by atoms with E-state index < -0.39 is 6.04 Å². The molecule has 1 atom stereocenters. The standard InChI is InChI=1S/C22H22N4O2/c1-24-16-21(27)25(20(22(24)28)14-17-7-3-2-4-8-17)15-18-9-5-10-19(13-18)26-12-6-11-23-26/h2-13,20H,14-16H2,1H3/t20-/m1/s1. The SMILES string of the molecule is CN1CC(=O)N(Cc2cccc(-n3cccn3)c2)[C@H](Cc2ccccc2)C1=O. The normalized spacial score (nSPS) is 17.2. The number of hydrogen-bond donors (Lipinski definition) is 0. The van der Waals surface area contributed by atoms with E-state index in [-0.39, 0.29) is 18.4 Å². The average molecular weight is 374 g/mol. The summed E-state index contributed by atoms with van der Waals surface area (Å²) in [6.07, 6.45) is 4.11. The highest BCUT2D eigenvalue weighted by atomic mass is 16.2. The van der Waals surface area contributed by atoms with Gasteiger partial charge in [-0.15, -0.1) is 0 Å². The predicted molar refractivity (Wildman–Crippen MR) is 106 cm³/mol. The van der Waals surface area contributed by atoms with Crippen LogP contribution in [-0.2, 0) is 22.6 Å². The summed E-state index contributed by atoms with van der Waals surface area (Å²) >= 11 is 0. The molecule has 6 heteroatoms. The fourth-order valence-corrected chi connectivity index (χ4v) is 3.58. The first-order chi connectivity index (χ1) is 13.6. The quantitative estimate of drug-likeness (QED) is 0.688. The number of nitrogens with zero attached hydrogens (tertiary/aromatic N) is 4. The molecule has 6 nitrogen and oxygen atoms in total. The molecule has 1 saturated heterocycles. The molecule has 142 valence electrons. The van der Waals surface area contributed by atoms with Crippen molar-refractivity contribution in [1.29, 1.82) is 0 Å². The number of benzene rings is 2. The minimum Gasteiger partial charge on any atom is -0.335 e. The van der Waals surface area contributed by atoms with Gasteiger partial charge in [-0.2, -0.15) is 5.10 Å². The van der Waals surface area contributed by atoms with Crippen LogP contribution in [0.2, 0.25) is 0 Å². The van der Waals surface area contributed by atoms with Crippen molar-refractivity contribution in [3.8, 4) is 5.69 Å². The Balaban J connectivity index is 1.61. The molecule has 2 aromatic carbocycles. The first kappa shape index (κ1) is 18.0. The van der Waals surface area contributed by atoms with Gasteiger partial charge in [0, 0.05) is 32.4 Å². The topological polar surface area (TPSA) is 58.4 Å². The first-order valence-corrected chi connectivity index (χ1v) is 9.29. The van der Waals surface area contributed by atoms with Gasteiger partial charge in [0.2, 0.25) is 11.8 Å². The second-order valence-corrected chi connectivity index (χ2v) is 7.04. The van der Waals surface area contributed by atoms with Crippen molar-refractivity contribution in [3.05, 3.63) is 84.2 Å². The molecular weight excluding hydrogens is 352 g/mol. The zero-order valence-electron chi connectivity index (χ0n) is 15.7. The second kappa shape index (κ2) is 7.68. The van der Waals surface area contributed by atoms with Gasteiger partial charge in [-0.3, -0.25) is 9.59 Å². The molecular formula is C22H22N4O2. The number of rotatable bonds is 5. The largest absolute Gasteiger partial charge is 0.335 e. The third kappa shape index (κ3) is 3.67. The van der Waals surface area contributed by atoms with Gasteiger partial charge in [0.05, 0.1) is 12.2 Å². The van der Waals surface area contributed by atoms with Crippen molar-refractivity contribution in [2.75, 3.05) is 13.6 Å². The molecule has 0 spiro atoms. The Labute approximate surface area is 164 Å². The summed E-state index contributed by atoms with van der Waals surface area (Å²) in [6, 6.07) is 19.1. The van der Waals surface area contributed by atoms with Crippen LogP contribution in [0, 0.1) is 0 Å². The Kier molecular flexibility index (Phi) is 4.93. The Bertz CT molecular complexity index is 969. The minimum atomic E-state index is -0.498. The van der Waals surface area contributed by atoms with Crippen LogP contribution >= 0.6 is 0 Å². The molecule has 4 rings (SSSR count). The lowest BCUT2D eigenvalue weighted by Gasteiger charge is -2.39. The fourth-order valence-electron chi connectivity index (χ4n) is 3.58. The van der Waals surface area contributed by atoms with E-state index in [4.69, 9.17) is 0 Å². The molecule has 3 aromatic rings. The van der Waals surface area contributed by atoms with E-state index in [2.05, 4.69) is 5.10 Å². The molecule has 0 N–H and O–H groups in total. The molecule has 2 heterocycles. The molecule has 0 radical (unpaired) electrons. The van der Waals surface area contributed by atoms with Crippen molar-refractivity contribution < 1.29 is 9.59 Å². The van der Waals surface area contributed by atoms with Crippen molar-refractivity contribution in [1.82, 2.24) is 19.6 Å². The monoisotopic (exact) mass is 374 g/mol. The summed E-state index contributed by atoms with van der Waals surface area (Å²) in [5, 5.41) is 4.26. The van der Waals surface area contributed by atoms with Crippen molar-refractivity contribution in [2.45, 2.75) is 19.0 Å². The van der Waals surface area contributed by atoms with E-state index >= 15 is 0 Å². The Hall–Kier alpha value is -3.41. The predicted octanol–water partition coefficient (Wildman–Crippen LogP) is 2.28. The lowest BCUT2D eigenvalue weighted by atomic mass is 10.00. The van der Waals surface area contributed by atoms with Gasteiger partial charge < -0.3 is 9.80 Å². The second-order valence-electron chi connectivity index (χ2n) is 7.04. The average Bonchev–Trinajstić information content (AvgIpc) is 3.25. The lowest BCUT2D eigenvalue weighted by Crippen LogP contribution is -2.59. The van der Waals surface area contributed by atoms with Gasteiger partial charge in [0.1, 0.15) is 6.04 Å². The molecule has 0 bridgehead atoms. The van der Waals surface area contributed by atoms with Crippen molar-refractivity contribution in [2.24, 2.45) is 0 Å². The summed E-state index contributed by atoms with van der Waals surface area (Å²) < 4.78 is 1.78. The molecule has 1 fully saturated rings. The third-order valence-corrected chi connectivity index (χ3v) is 5.03. The van der Waals surface area contributed by atoms with Crippen LogP contribution in [0.15, 0.2) is 73.1 Å². The van der Waals surface area contributed by atoms with E-state index in [0.29, 0.717) is 13.0 Å². The number of hydrogen-bond acceptors (Lipinski definition) is 3. The maximum Gasteiger partial charge on any atom is 0.245 e. The number of carbonyl (C=O) groups is 2. The van der Waals surface area contributed by atoms with Crippen LogP contribution in [-0.4, -0.2) is 51.0 Å². The van der Waals surface area contributed by atoms with Crippen LogP contribution in [0.3, 0.4) is 0 Å². The molecule has 2 amide bonds. The smallest absolute Gasteiger partial charge is 0.245 e. The van der Waals surface area contributed by atoms with E-state index in [0.717, 1.165) is 16.8 Å². The molecule has 0 unspecified atom stereocenters. The molecule has 0 aliphatic carbocycles. The van der Waals surface area contributed by atoms with Crippen LogP contribution in [0.1, 0.15) is 11.1 Å². The van der Waals surface area contributed by atoms with Gasteiger partial charge in [0.25, 0.3) is 0 Å². The van der Waals surface area contributed by atoms with E-state index in [1.807, 2.05) is 66.9 Å². The highest BCUT2D eigenvalue weighted by Crippen LogP contribution is 2.20. The van der Waals surface area contributed by atoms with Gasteiger partial charge in [0.15, 0.2) is 0 Å². The van der Waals surface area contributed by atoms with Crippen molar-refractivity contribution >= 4 is 11.8 Å². The highest BCUT2D eigenvalue weighted by Gasteiger charge is 2.37. The Morgan fingerprint density at radius 2 is 1.79 bits per heavy atom. The molecule has 1 aromatic heterocycles. The van der Waals surface area contributed by atoms with Crippen molar-refractivity contribution in [3.63, 3.8) is 0 Å². The molecule has 1 aliphatic heterocycles. The minimum absolute atomic E-state index is 0.0216. The molecule has 0 saturated carbocycles. The number of amides is 2. The third-order valence-electron chi connectivity index (χ3n) is 5.03. The van der Waals surface area contributed by atoms with Crippen LogP contribution < -0.4 is 0 Å². The zero-order chi connectivity index (χ0) is 19.5. The van der Waals surface area contributed by atoms with Crippen LogP contribution in [0.4, 0.5) is 0 Å². The van der Waals surface area contributed by atoms with Gasteiger partial charge in [-0.05, 0) is 29.3 Å². The summed E-state index contributed by atoms with van der Waals surface area (Å²) in [5.74, 6) is -0.0563. The summed E-state index contributed by atoms with van der Waals surface area (Å²) in [4.78, 5) is 28.9. The summed E-state index contributed by atoms with van der Waals surface area (Å²) in [7, 11) is 1.69. The lowest BCUT2D eigenvalue weighted by molar-refractivity contribution is -0.155. The van der Waals surface area contributed by atoms with Gasteiger partial charge in [-0.1, -0.05) is 42.5 Å². The molecule has 1 aliphatic rings.